The van der Waals surface area contributed by atoms with Crippen molar-refractivity contribution in [2.24, 2.45) is 5.73 Å². The maximum atomic E-state index is 5.57. The van der Waals surface area contributed by atoms with E-state index in [1.807, 2.05) is 18.2 Å². The minimum Gasteiger partial charge on any atom is -0.338 e. The van der Waals surface area contributed by atoms with E-state index in [2.05, 4.69) is 40.3 Å². The molecule has 0 spiro atoms. The normalized spacial score (nSPS) is 10.9. The Morgan fingerprint density at radius 3 is 2.67 bits per heavy atom. The van der Waals surface area contributed by atoms with Gasteiger partial charge < -0.3 is 10.7 Å². The molecule has 0 fully saturated rings. The van der Waals surface area contributed by atoms with E-state index in [0.29, 0.717) is 6.54 Å². The lowest BCUT2D eigenvalue weighted by Gasteiger charge is -1.96. The quantitative estimate of drug-likeness (QED) is 0.736. The molecule has 3 nitrogen and oxygen atoms in total. The fourth-order valence-electron chi connectivity index (χ4n) is 2.11. The predicted molar refractivity (Wildman–Crippen MR) is 74.3 cm³/mol. The summed E-state index contributed by atoms with van der Waals surface area (Å²) in [6.45, 7) is 0.668. The molecule has 0 aliphatic rings. The number of hydrogen-bond acceptors (Lipinski definition) is 2. The first-order chi connectivity index (χ1) is 8.86. The van der Waals surface area contributed by atoms with E-state index in [4.69, 9.17) is 5.73 Å². The van der Waals surface area contributed by atoms with E-state index < -0.39 is 0 Å². The number of nitrogens with zero attached hydrogens (tertiary/aromatic N) is 1. The first-order valence-electron chi connectivity index (χ1n) is 6.11. The number of aromatic nitrogens is 2. The SMILES string of the molecule is NCCc1ccc2[nH]c(-c3ccccc3)nc2c1. The third-order valence-electron chi connectivity index (χ3n) is 3.03. The molecule has 0 unspecified atom stereocenters. The molecule has 0 bridgehead atoms. The van der Waals surface area contributed by atoms with E-state index in [9.17, 15) is 0 Å². The summed E-state index contributed by atoms with van der Waals surface area (Å²) < 4.78 is 0. The van der Waals surface area contributed by atoms with Crippen LogP contribution in [0.4, 0.5) is 0 Å². The Morgan fingerprint density at radius 1 is 1.06 bits per heavy atom. The number of imidazole rings is 1. The summed E-state index contributed by atoms with van der Waals surface area (Å²) in [5.41, 5.74) is 9.98. The molecule has 0 atom stereocenters. The average molecular weight is 237 g/mol. The van der Waals surface area contributed by atoms with E-state index in [1.165, 1.54) is 5.56 Å². The Morgan fingerprint density at radius 2 is 1.89 bits per heavy atom. The fourth-order valence-corrected chi connectivity index (χ4v) is 2.11. The maximum Gasteiger partial charge on any atom is 0.138 e. The van der Waals surface area contributed by atoms with Crippen LogP contribution in [-0.4, -0.2) is 16.5 Å². The highest BCUT2D eigenvalue weighted by Gasteiger charge is 2.05. The summed E-state index contributed by atoms with van der Waals surface area (Å²) in [6.07, 6.45) is 0.892. The average Bonchev–Trinajstić information content (AvgIpc) is 2.83. The zero-order valence-corrected chi connectivity index (χ0v) is 10.1. The number of hydrogen-bond donors (Lipinski definition) is 2. The van der Waals surface area contributed by atoms with Crippen molar-refractivity contribution < 1.29 is 0 Å². The molecular weight excluding hydrogens is 222 g/mol. The number of fused-ring (bicyclic) bond motifs is 1. The second-order valence-corrected chi connectivity index (χ2v) is 4.34. The molecule has 0 saturated carbocycles. The van der Waals surface area contributed by atoms with E-state index in [0.717, 1.165) is 28.8 Å². The van der Waals surface area contributed by atoms with E-state index in [1.54, 1.807) is 0 Å². The van der Waals surface area contributed by atoms with Crippen LogP contribution < -0.4 is 5.73 Å². The van der Waals surface area contributed by atoms with Crippen LogP contribution in [-0.2, 0) is 6.42 Å². The Bertz CT molecular complexity index is 656. The van der Waals surface area contributed by atoms with Crippen molar-refractivity contribution in [3.63, 3.8) is 0 Å². The molecule has 1 heterocycles. The van der Waals surface area contributed by atoms with Crippen molar-refractivity contribution in [1.82, 2.24) is 9.97 Å². The lowest BCUT2D eigenvalue weighted by Crippen LogP contribution is -2.02. The van der Waals surface area contributed by atoms with Crippen LogP contribution in [0.2, 0.25) is 0 Å². The largest absolute Gasteiger partial charge is 0.338 e. The van der Waals surface area contributed by atoms with Gasteiger partial charge in [0.2, 0.25) is 0 Å². The topological polar surface area (TPSA) is 54.7 Å². The molecule has 0 aliphatic heterocycles. The molecule has 90 valence electrons. The number of nitrogens with two attached hydrogens (primary N) is 1. The smallest absolute Gasteiger partial charge is 0.138 e. The summed E-state index contributed by atoms with van der Waals surface area (Å²) in [4.78, 5) is 7.97. The third-order valence-corrected chi connectivity index (χ3v) is 3.03. The molecule has 3 aromatic rings. The van der Waals surface area contributed by atoms with Gasteiger partial charge in [-0.05, 0) is 30.7 Å². The molecule has 0 radical (unpaired) electrons. The Labute approximate surface area is 106 Å². The first kappa shape index (κ1) is 11.0. The lowest BCUT2D eigenvalue weighted by molar-refractivity contribution is 0.970. The van der Waals surface area contributed by atoms with Crippen molar-refractivity contribution in [1.29, 1.82) is 0 Å². The third kappa shape index (κ3) is 2.00. The Hall–Kier alpha value is -2.13. The summed E-state index contributed by atoms with van der Waals surface area (Å²) in [6, 6.07) is 16.4. The zero-order valence-electron chi connectivity index (χ0n) is 10.1. The Kier molecular flexibility index (Phi) is 2.82. The monoisotopic (exact) mass is 237 g/mol. The predicted octanol–water partition coefficient (Wildman–Crippen LogP) is 2.73. The van der Waals surface area contributed by atoms with Gasteiger partial charge >= 0.3 is 0 Å². The molecule has 1 aromatic heterocycles. The summed E-state index contributed by atoms with van der Waals surface area (Å²) in [5.74, 6) is 0.912. The molecule has 18 heavy (non-hydrogen) atoms. The van der Waals surface area contributed by atoms with Crippen LogP contribution >= 0.6 is 0 Å². The highest BCUT2D eigenvalue weighted by Crippen LogP contribution is 2.21. The van der Waals surface area contributed by atoms with Crippen molar-refractivity contribution in [3.05, 3.63) is 54.1 Å². The van der Waals surface area contributed by atoms with Crippen LogP contribution in [0.3, 0.4) is 0 Å². The van der Waals surface area contributed by atoms with Crippen molar-refractivity contribution in [3.8, 4) is 11.4 Å². The molecule has 0 aliphatic carbocycles. The number of H-pyrrole nitrogens is 1. The van der Waals surface area contributed by atoms with Gasteiger partial charge in [-0.15, -0.1) is 0 Å². The summed E-state index contributed by atoms with van der Waals surface area (Å²) in [7, 11) is 0. The van der Waals surface area contributed by atoms with Gasteiger partial charge in [0.05, 0.1) is 11.0 Å². The van der Waals surface area contributed by atoms with Gasteiger partial charge in [-0.1, -0.05) is 36.4 Å². The van der Waals surface area contributed by atoms with Crippen molar-refractivity contribution in [2.75, 3.05) is 6.54 Å². The van der Waals surface area contributed by atoms with Gasteiger partial charge in [0.25, 0.3) is 0 Å². The number of rotatable bonds is 3. The molecule has 0 amide bonds. The summed E-state index contributed by atoms with van der Waals surface area (Å²) in [5, 5.41) is 0. The van der Waals surface area contributed by atoms with Gasteiger partial charge in [-0.25, -0.2) is 4.98 Å². The molecular formula is C15H15N3. The van der Waals surface area contributed by atoms with Crippen LogP contribution in [0.1, 0.15) is 5.56 Å². The molecule has 0 saturated heterocycles. The van der Waals surface area contributed by atoms with Gasteiger partial charge in [0, 0.05) is 5.56 Å². The van der Waals surface area contributed by atoms with Crippen LogP contribution in [0, 0.1) is 0 Å². The number of aromatic amines is 1. The highest BCUT2D eigenvalue weighted by molar-refractivity contribution is 5.80. The Balaban J connectivity index is 2.06. The highest BCUT2D eigenvalue weighted by atomic mass is 14.9. The maximum absolute atomic E-state index is 5.57. The molecule has 3 rings (SSSR count). The van der Waals surface area contributed by atoms with Gasteiger partial charge in [-0.3, -0.25) is 0 Å². The second-order valence-electron chi connectivity index (χ2n) is 4.34. The minimum absolute atomic E-state index is 0.668. The zero-order chi connectivity index (χ0) is 12.4. The lowest BCUT2D eigenvalue weighted by atomic mass is 10.1. The standard InChI is InChI=1S/C15H15N3/c16-9-8-11-6-7-13-14(10-11)18-15(17-13)12-4-2-1-3-5-12/h1-7,10H,8-9,16H2,(H,17,18). The van der Waals surface area contributed by atoms with Crippen LogP contribution in [0.25, 0.3) is 22.4 Å². The van der Waals surface area contributed by atoms with Crippen molar-refractivity contribution >= 4 is 11.0 Å². The molecule has 3 heteroatoms. The van der Waals surface area contributed by atoms with Gasteiger partial charge in [0.15, 0.2) is 0 Å². The second kappa shape index (κ2) is 4.63. The fraction of sp³-hybridized carbons (Fsp3) is 0.133. The van der Waals surface area contributed by atoms with E-state index >= 15 is 0 Å². The van der Waals surface area contributed by atoms with Gasteiger partial charge in [-0.2, -0.15) is 0 Å². The van der Waals surface area contributed by atoms with Crippen LogP contribution in [0.15, 0.2) is 48.5 Å². The number of nitrogens with one attached hydrogen (secondary N) is 1. The number of benzene rings is 2. The molecule has 3 N–H and O–H groups in total. The summed E-state index contributed by atoms with van der Waals surface area (Å²) >= 11 is 0. The first-order valence-corrected chi connectivity index (χ1v) is 6.11. The van der Waals surface area contributed by atoms with Crippen molar-refractivity contribution in [2.45, 2.75) is 6.42 Å². The molecule has 2 aromatic carbocycles. The van der Waals surface area contributed by atoms with E-state index in [-0.39, 0.29) is 0 Å². The van der Waals surface area contributed by atoms with Gasteiger partial charge in [0.1, 0.15) is 5.82 Å². The van der Waals surface area contributed by atoms with Crippen LogP contribution in [0.5, 0.6) is 0 Å². The minimum atomic E-state index is 0.668.